The lowest BCUT2D eigenvalue weighted by Gasteiger charge is -2.31. The smallest absolute Gasteiger partial charge is 0.264 e. The molecule has 4 atom stereocenters. The van der Waals surface area contributed by atoms with E-state index in [4.69, 9.17) is 16.3 Å². The van der Waals surface area contributed by atoms with Gasteiger partial charge < -0.3 is 18.9 Å². The molecule has 4 aromatic rings. The Labute approximate surface area is 285 Å². The molecule has 1 saturated heterocycles. The van der Waals surface area contributed by atoms with Crippen molar-refractivity contribution < 1.29 is 23.5 Å². The summed E-state index contributed by atoms with van der Waals surface area (Å²) >= 11 is 6.56. The summed E-state index contributed by atoms with van der Waals surface area (Å²) < 4.78 is 24.8. The van der Waals surface area contributed by atoms with Crippen molar-refractivity contribution in [2.24, 2.45) is 5.92 Å². The first-order valence-electron chi connectivity index (χ1n) is 16.5. The molecule has 250 valence electrons. The van der Waals surface area contributed by atoms with E-state index >= 15 is 4.11 Å². The molecule has 12 heteroatoms. The number of hydrogen-bond acceptors (Lipinski definition) is 6. The number of hydrogen-bond donors (Lipinski definition) is 1. The van der Waals surface area contributed by atoms with Crippen LogP contribution in [0.25, 0.3) is 0 Å². The Morgan fingerprint density at radius 2 is 1.88 bits per heavy atom. The number of aromatic nitrogens is 3. The molecule has 2 amide bonds. The maximum absolute atomic E-state index is 16.3. The summed E-state index contributed by atoms with van der Waals surface area (Å²) in [4.78, 5) is 31.5. The highest BCUT2D eigenvalue weighted by Crippen LogP contribution is 2.60. The van der Waals surface area contributed by atoms with Gasteiger partial charge in [-0.2, -0.15) is 0 Å². The second-order valence-electron chi connectivity index (χ2n) is 13.6. The molecule has 0 bridgehead atoms. The van der Waals surface area contributed by atoms with Crippen LogP contribution in [0.2, 0.25) is 23.7 Å². The monoisotopic (exact) mass is 687 g/mol. The summed E-state index contributed by atoms with van der Waals surface area (Å²) in [5.41, 5.74) is 3.72. The number of carbonyl (C=O) groups is 2. The van der Waals surface area contributed by atoms with Crippen LogP contribution in [0.5, 0.6) is 0 Å². The normalized spacial score (nSPS) is 23.7. The third-order valence-electron chi connectivity index (χ3n) is 10.1. The summed E-state index contributed by atoms with van der Waals surface area (Å²) in [5.74, 6) is -0.673. The third-order valence-corrected chi connectivity index (χ3v) is 12.8. The van der Waals surface area contributed by atoms with Gasteiger partial charge in [-0.25, -0.2) is 0 Å². The summed E-state index contributed by atoms with van der Waals surface area (Å²) in [5, 5.41) is 18.0. The van der Waals surface area contributed by atoms with Gasteiger partial charge in [-0.1, -0.05) is 54.1 Å². The summed E-state index contributed by atoms with van der Waals surface area (Å²) in [6, 6.07) is 21.0. The first kappa shape index (κ1) is 32.6. The van der Waals surface area contributed by atoms with Gasteiger partial charge in [-0.15, -0.1) is 5.10 Å². The number of aryl methyl sites for hydroxylation is 2. The van der Waals surface area contributed by atoms with Crippen LogP contribution in [0.15, 0.2) is 72.9 Å². The molecule has 1 N–H and O–H groups in total. The number of carbonyl (C=O) groups excluding carboxylic acids is 2. The lowest BCUT2D eigenvalue weighted by molar-refractivity contribution is -0.146. The number of halogens is 2. The topological polar surface area (TPSA) is 101 Å². The zero-order valence-electron chi connectivity index (χ0n) is 27.3. The second-order valence-corrected chi connectivity index (χ2v) is 17.8. The Bertz CT molecular complexity index is 1880. The Morgan fingerprint density at radius 3 is 2.67 bits per heavy atom. The van der Waals surface area contributed by atoms with Crippen LogP contribution in [0.3, 0.4) is 0 Å². The number of ether oxygens (including phenoxy) is 1. The molecule has 48 heavy (non-hydrogen) atoms. The van der Waals surface area contributed by atoms with Crippen molar-refractivity contribution in [3.8, 4) is 0 Å². The quantitative estimate of drug-likeness (QED) is 0.160. The van der Waals surface area contributed by atoms with E-state index in [0.717, 1.165) is 22.5 Å². The average molecular weight is 688 g/mol. The number of benzene rings is 3. The van der Waals surface area contributed by atoms with Gasteiger partial charge in [-0.05, 0) is 73.5 Å². The number of para-hydroxylation sites is 1. The minimum Gasteiger partial charge on any atom is -0.396 e. The minimum atomic E-state index is -3.36. The minimum absolute atomic E-state index is 0.0244. The molecular formula is C36H39ClFN5O4Si. The van der Waals surface area contributed by atoms with Gasteiger partial charge in [0.1, 0.15) is 0 Å². The number of rotatable bonds is 9. The van der Waals surface area contributed by atoms with E-state index < -0.39 is 31.6 Å². The Balaban J connectivity index is 1.21. The zero-order valence-corrected chi connectivity index (χ0v) is 29.0. The standard InChI is InChI=1S/C36H39ClFN5O4Si/c1-23-34(48(2,3)38)32(15-17-41-22-27(16-18-44)39-40-41)47-36(23)29-20-26(37)12-13-31(29)42(35(36)46)21-24-7-6-9-28(19-24)43-30-10-5-4-8-25(30)11-14-33(43)45/h4-10,12-13,19-20,22-23,32,34,44H,11,14-18,21H2,1-3H3/t23-,32+,34-,36+/m0/s1. The molecule has 1 aromatic heterocycles. The molecule has 0 saturated carbocycles. The molecular weight excluding hydrogens is 649 g/mol. The molecule has 3 aliphatic rings. The van der Waals surface area contributed by atoms with E-state index in [1.54, 1.807) is 45.9 Å². The first-order valence-corrected chi connectivity index (χ1v) is 19.8. The van der Waals surface area contributed by atoms with Crippen LogP contribution in [-0.2, 0) is 45.9 Å². The summed E-state index contributed by atoms with van der Waals surface area (Å²) in [7, 11) is -3.36. The van der Waals surface area contributed by atoms with E-state index in [1.165, 1.54) is 0 Å². The molecule has 4 heterocycles. The van der Waals surface area contributed by atoms with Crippen LogP contribution in [0.1, 0.15) is 42.1 Å². The zero-order chi connectivity index (χ0) is 33.8. The lowest BCUT2D eigenvalue weighted by Crippen LogP contribution is -2.45. The van der Waals surface area contributed by atoms with Crippen molar-refractivity contribution >= 4 is 48.9 Å². The van der Waals surface area contributed by atoms with E-state index in [2.05, 4.69) is 10.3 Å². The van der Waals surface area contributed by atoms with Crippen LogP contribution < -0.4 is 9.80 Å². The van der Waals surface area contributed by atoms with E-state index in [-0.39, 0.29) is 25.0 Å². The second kappa shape index (κ2) is 12.5. The molecule has 3 aliphatic heterocycles. The van der Waals surface area contributed by atoms with Gasteiger partial charge in [-0.3, -0.25) is 19.2 Å². The van der Waals surface area contributed by atoms with Crippen LogP contribution in [0.4, 0.5) is 21.2 Å². The van der Waals surface area contributed by atoms with E-state index in [1.807, 2.05) is 61.5 Å². The summed E-state index contributed by atoms with van der Waals surface area (Å²) in [6.45, 7) is 5.93. The van der Waals surface area contributed by atoms with Crippen molar-refractivity contribution in [1.29, 1.82) is 0 Å². The van der Waals surface area contributed by atoms with Gasteiger partial charge in [0.05, 0.1) is 29.7 Å². The first-order chi connectivity index (χ1) is 23.0. The Hall–Kier alpha value is -3.90. The lowest BCUT2D eigenvalue weighted by atomic mass is 9.82. The van der Waals surface area contributed by atoms with Gasteiger partial charge in [0.15, 0.2) is 5.60 Å². The van der Waals surface area contributed by atoms with Crippen molar-refractivity contribution in [3.63, 3.8) is 0 Å². The number of nitrogens with zero attached hydrogens (tertiary/aromatic N) is 5. The highest BCUT2D eigenvalue weighted by Gasteiger charge is 2.66. The average Bonchev–Trinajstić information content (AvgIpc) is 3.70. The largest absolute Gasteiger partial charge is 0.396 e. The number of aliphatic hydroxyl groups excluding tert-OH is 1. The highest BCUT2D eigenvalue weighted by atomic mass is 35.5. The molecule has 9 nitrogen and oxygen atoms in total. The predicted molar refractivity (Wildman–Crippen MR) is 184 cm³/mol. The number of aliphatic hydroxyl groups is 1. The van der Waals surface area contributed by atoms with Gasteiger partial charge in [0, 0.05) is 59.9 Å². The molecule has 0 unspecified atom stereocenters. The third kappa shape index (κ3) is 5.56. The SMILES string of the molecule is C[C@H]1[C@H]([Si](C)(C)F)[C@@H](CCn2cc(CCO)nn2)O[C@]12C(=O)N(Cc1cccc(N3C(=O)CCc4ccccc43)c1)c1ccc(Cl)cc12. The van der Waals surface area contributed by atoms with Crippen molar-refractivity contribution in [2.75, 3.05) is 16.4 Å². The van der Waals surface area contributed by atoms with Gasteiger partial charge >= 0.3 is 0 Å². The summed E-state index contributed by atoms with van der Waals surface area (Å²) in [6.07, 6.45) is 3.21. The molecule has 1 fully saturated rings. The fourth-order valence-corrected chi connectivity index (χ4v) is 10.8. The number of fused-ring (bicyclic) bond motifs is 3. The molecule has 0 radical (unpaired) electrons. The molecule has 0 aliphatic carbocycles. The maximum Gasteiger partial charge on any atom is 0.264 e. The maximum atomic E-state index is 16.3. The molecule has 7 rings (SSSR count). The van der Waals surface area contributed by atoms with Crippen molar-refractivity contribution in [1.82, 2.24) is 15.0 Å². The predicted octanol–water partition coefficient (Wildman–Crippen LogP) is 6.49. The van der Waals surface area contributed by atoms with Crippen molar-refractivity contribution in [2.45, 2.75) is 76.0 Å². The van der Waals surface area contributed by atoms with Crippen LogP contribution >= 0.6 is 11.6 Å². The molecule has 1 spiro atoms. The fraction of sp³-hybridized carbons (Fsp3) is 0.389. The van der Waals surface area contributed by atoms with Gasteiger partial charge in [0.2, 0.25) is 14.3 Å². The Kier molecular flexibility index (Phi) is 8.51. The van der Waals surface area contributed by atoms with Crippen molar-refractivity contribution in [3.05, 3.63) is 100 Å². The number of anilines is 3. The van der Waals surface area contributed by atoms with E-state index in [0.29, 0.717) is 54.2 Å². The molecule has 3 aromatic carbocycles. The Morgan fingerprint density at radius 1 is 1.06 bits per heavy atom. The van der Waals surface area contributed by atoms with Crippen LogP contribution in [-0.4, -0.2) is 53.0 Å². The van der Waals surface area contributed by atoms with E-state index in [9.17, 15) is 14.7 Å². The highest BCUT2D eigenvalue weighted by molar-refractivity contribution is 6.72. The number of amides is 2. The van der Waals surface area contributed by atoms with Gasteiger partial charge in [0.25, 0.3) is 5.91 Å². The van der Waals surface area contributed by atoms with Crippen LogP contribution in [0, 0.1) is 5.92 Å². The fourth-order valence-electron chi connectivity index (χ4n) is 8.07.